The highest BCUT2D eigenvalue weighted by molar-refractivity contribution is 7.92. The van der Waals surface area contributed by atoms with Gasteiger partial charge in [-0.25, -0.2) is 18.4 Å². The summed E-state index contributed by atoms with van der Waals surface area (Å²) < 4.78 is 23.5. The fourth-order valence-electron chi connectivity index (χ4n) is 4.60. The Kier molecular flexibility index (Phi) is 7.52. The predicted octanol–water partition coefficient (Wildman–Crippen LogP) is 4.47. The van der Waals surface area contributed by atoms with Gasteiger partial charge in [0.25, 0.3) is 5.91 Å². The Labute approximate surface area is 205 Å². The molecule has 0 unspecified atom stereocenters. The average molecular weight is 501 g/mol. The summed E-state index contributed by atoms with van der Waals surface area (Å²) in [6, 6.07) is 11.4. The minimum absolute atomic E-state index is 0.152. The molecular formula is C25H32N4O3S2. The summed E-state index contributed by atoms with van der Waals surface area (Å²) in [6.07, 6.45) is 8.30. The second kappa shape index (κ2) is 10.4. The van der Waals surface area contributed by atoms with Crippen molar-refractivity contribution in [3.8, 4) is 0 Å². The van der Waals surface area contributed by atoms with Crippen LogP contribution in [-0.2, 0) is 16.3 Å². The lowest BCUT2D eigenvalue weighted by Crippen LogP contribution is -2.37. The van der Waals surface area contributed by atoms with Crippen LogP contribution in [0.15, 0.2) is 40.6 Å². The number of carbonyl (C=O) groups excluding carboxylic acids is 1. The van der Waals surface area contributed by atoms with E-state index in [2.05, 4.69) is 11.4 Å². The first-order valence-corrected chi connectivity index (χ1v) is 14.4. The lowest BCUT2D eigenvalue weighted by atomic mass is 9.83. The van der Waals surface area contributed by atoms with Gasteiger partial charge in [0.2, 0.25) is 0 Å². The van der Waals surface area contributed by atoms with Gasteiger partial charge >= 0.3 is 0 Å². The molecule has 0 radical (unpaired) electrons. The van der Waals surface area contributed by atoms with Gasteiger partial charge in [-0.3, -0.25) is 4.79 Å². The summed E-state index contributed by atoms with van der Waals surface area (Å²) in [4.78, 5) is 24.6. The molecule has 3 aromatic rings. The molecule has 0 atom stereocenters. The maximum absolute atomic E-state index is 12.5. The zero-order valence-corrected chi connectivity index (χ0v) is 21.6. The molecule has 1 amide bonds. The number of nitrogens with zero attached hydrogens (tertiary/aromatic N) is 3. The topological polar surface area (TPSA) is 92.3 Å². The Bertz CT molecular complexity index is 1260. The zero-order chi connectivity index (χ0) is 24.3. The molecule has 1 aliphatic carbocycles. The maximum atomic E-state index is 12.5. The number of para-hydroxylation sites is 1. The second-order valence-corrected chi connectivity index (χ2v) is 12.7. The average Bonchev–Trinajstić information content (AvgIpc) is 3.31. The number of anilines is 1. The first kappa shape index (κ1) is 24.6. The van der Waals surface area contributed by atoms with Crippen LogP contribution in [0.1, 0.15) is 54.0 Å². The molecular weight excluding hydrogens is 468 g/mol. The van der Waals surface area contributed by atoms with E-state index in [-0.39, 0.29) is 16.2 Å². The van der Waals surface area contributed by atoms with Gasteiger partial charge in [0.05, 0.1) is 10.4 Å². The van der Waals surface area contributed by atoms with Gasteiger partial charge in [-0.05, 0) is 62.3 Å². The van der Waals surface area contributed by atoms with Crippen LogP contribution in [0, 0.1) is 5.92 Å². The van der Waals surface area contributed by atoms with Gasteiger partial charge in [0, 0.05) is 38.2 Å². The van der Waals surface area contributed by atoms with Crippen LogP contribution in [0.25, 0.3) is 10.9 Å². The fraction of sp³-hybridized carbons (Fsp3) is 0.480. The Morgan fingerprint density at radius 1 is 1.09 bits per heavy atom. The van der Waals surface area contributed by atoms with Crippen LogP contribution < -0.4 is 10.2 Å². The molecule has 182 valence electrons. The molecule has 0 spiro atoms. The van der Waals surface area contributed by atoms with Gasteiger partial charge < -0.3 is 10.2 Å². The van der Waals surface area contributed by atoms with Crippen LogP contribution in [0.4, 0.5) is 5.82 Å². The lowest BCUT2D eigenvalue weighted by molar-refractivity contribution is 0.0925. The summed E-state index contributed by atoms with van der Waals surface area (Å²) in [6.45, 7) is 0. The van der Waals surface area contributed by atoms with E-state index in [1.807, 2.05) is 37.2 Å². The third kappa shape index (κ3) is 5.93. The third-order valence-electron chi connectivity index (χ3n) is 6.42. The van der Waals surface area contributed by atoms with Gasteiger partial charge in [0.15, 0.2) is 9.84 Å². The molecule has 7 nitrogen and oxygen atoms in total. The molecule has 1 fully saturated rings. The van der Waals surface area contributed by atoms with Crippen molar-refractivity contribution >= 4 is 43.8 Å². The molecule has 1 aromatic carbocycles. The fourth-order valence-corrected chi connectivity index (χ4v) is 6.43. The largest absolute Gasteiger partial charge is 0.362 e. The summed E-state index contributed by atoms with van der Waals surface area (Å²) >= 11 is 1.03. The number of carbonyl (C=O) groups is 1. The van der Waals surface area contributed by atoms with Crippen molar-refractivity contribution in [1.82, 2.24) is 15.3 Å². The van der Waals surface area contributed by atoms with Crippen LogP contribution in [0.3, 0.4) is 0 Å². The number of amides is 1. The SMILES string of the molecule is CN(C)c1nc(CCCC2CCC(NC(=O)c3ccc(S(C)(=O)=O)s3)CC2)nc2ccccc12. The minimum Gasteiger partial charge on any atom is -0.362 e. The normalized spacial score (nSPS) is 18.7. The van der Waals surface area contributed by atoms with E-state index < -0.39 is 9.84 Å². The van der Waals surface area contributed by atoms with Crippen molar-refractivity contribution < 1.29 is 13.2 Å². The van der Waals surface area contributed by atoms with Crippen LogP contribution >= 0.6 is 11.3 Å². The number of aryl methyl sites for hydroxylation is 1. The Morgan fingerprint density at radius 2 is 1.82 bits per heavy atom. The van der Waals surface area contributed by atoms with E-state index in [1.165, 1.54) is 6.07 Å². The minimum atomic E-state index is -3.28. The lowest BCUT2D eigenvalue weighted by Gasteiger charge is -2.29. The van der Waals surface area contributed by atoms with Crippen molar-refractivity contribution in [2.24, 2.45) is 5.92 Å². The van der Waals surface area contributed by atoms with Gasteiger partial charge in [-0.15, -0.1) is 11.3 Å². The highest BCUT2D eigenvalue weighted by Gasteiger charge is 2.24. The van der Waals surface area contributed by atoms with Crippen molar-refractivity contribution in [3.05, 3.63) is 47.1 Å². The highest BCUT2D eigenvalue weighted by atomic mass is 32.2. The van der Waals surface area contributed by atoms with E-state index in [0.717, 1.165) is 85.1 Å². The number of fused-ring (bicyclic) bond motifs is 1. The van der Waals surface area contributed by atoms with E-state index in [9.17, 15) is 13.2 Å². The summed E-state index contributed by atoms with van der Waals surface area (Å²) in [5.74, 6) is 2.34. The van der Waals surface area contributed by atoms with Gasteiger partial charge in [-0.2, -0.15) is 0 Å². The highest BCUT2D eigenvalue weighted by Crippen LogP contribution is 2.30. The molecule has 0 saturated heterocycles. The molecule has 1 N–H and O–H groups in total. The number of hydrogen-bond donors (Lipinski definition) is 1. The second-order valence-electron chi connectivity index (χ2n) is 9.35. The zero-order valence-electron chi connectivity index (χ0n) is 20.0. The van der Waals surface area contributed by atoms with Crippen molar-refractivity contribution in [2.75, 3.05) is 25.3 Å². The van der Waals surface area contributed by atoms with Crippen LogP contribution in [0.5, 0.6) is 0 Å². The van der Waals surface area contributed by atoms with Crippen LogP contribution in [-0.4, -0.2) is 50.7 Å². The number of rotatable bonds is 8. The van der Waals surface area contributed by atoms with E-state index >= 15 is 0 Å². The Hall–Kier alpha value is -2.52. The molecule has 0 bridgehead atoms. The van der Waals surface area contributed by atoms with Crippen LogP contribution in [0.2, 0.25) is 0 Å². The van der Waals surface area contributed by atoms with Gasteiger partial charge in [-0.1, -0.05) is 18.6 Å². The number of nitrogens with one attached hydrogen (secondary N) is 1. The summed E-state index contributed by atoms with van der Waals surface area (Å²) in [7, 11) is 0.750. The Balaban J connectivity index is 1.25. The van der Waals surface area contributed by atoms with Crippen molar-refractivity contribution in [2.45, 2.75) is 55.2 Å². The maximum Gasteiger partial charge on any atom is 0.261 e. The predicted molar refractivity (Wildman–Crippen MR) is 137 cm³/mol. The molecule has 1 saturated carbocycles. The smallest absolute Gasteiger partial charge is 0.261 e. The quantitative estimate of drug-likeness (QED) is 0.491. The van der Waals surface area contributed by atoms with E-state index in [1.54, 1.807) is 6.07 Å². The number of hydrogen-bond acceptors (Lipinski definition) is 7. The van der Waals surface area contributed by atoms with E-state index in [0.29, 0.717) is 10.8 Å². The molecule has 4 rings (SSSR count). The number of sulfone groups is 1. The van der Waals surface area contributed by atoms with Crippen molar-refractivity contribution in [1.29, 1.82) is 0 Å². The Morgan fingerprint density at radius 3 is 2.50 bits per heavy atom. The number of thiophene rings is 1. The first-order valence-electron chi connectivity index (χ1n) is 11.7. The molecule has 34 heavy (non-hydrogen) atoms. The molecule has 9 heteroatoms. The molecule has 1 aliphatic rings. The summed E-state index contributed by atoms with van der Waals surface area (Å²) in [5.41, 5.74) is 0.988. The standard InChI is InChI=1S/C25H32N4O3S2/c1-29(2)24-19-8-4-5-9-20(19)27-22(28-24)10-6-7-17-11-13-18(14-12-17)26-25(30)21-15-16-23(33-21)34(3,31)32/h4-5,8-9,15-18H,6-7,10-14H2,1-3H3,(H,26,30). The monoisotopic (exact) mass is 500 g/mol. The molecule has 2 heterocycles. The number of aromatic nitrogens is 2. The molecule has 0 aliphatic heterocycles. The summed E-state index contributed by atoms with van der Waals surface area (Å²) in [5, 5.41) is 4.16. The number of benzene rings is 1. The van der Waals surface area contributed by atoms with E-state index in [4.69, 9.17) is 9.97 Å². The first-order chi connectivity index (χ1) is 16.2. The van der Waals surface area contributed by atoms with Crippen molar-refractivity contribution in [3.63, 3.8) is 0 Å². The molecule has 2 aromatic heterocycles. The van der Waals surface area contributed by atoms with Gasteiger partial charge in [0.1, 0.15) is 15.9 Å². The third-order valence-corrected chi connectivity index (χ3v) is 9.32.